The third kappa shape index (κ3) is 4.02. The van der Waals surface area contributed by atoms with Gasteiger partial charge in [-0.2, -0.15) is 0 Å². The zero-order valence-corrected chi connectivity index (χ0v) is 12.4. The SMILES string of the molecule is O=C(COCC1CCCCO1)NCc1cn2cccnc2n1. The topological polar surface area (TPSA) is 77.8 Å². The van der Waals surface area contributed by atoms with Crippen molar-refractivity contribution in [1.29, 1.82) is 0 Å². The molecule has 7 heteroatoms. The van der Waals surface area contributed by atoms with E-state index < -0.39 is 0 Å². The van der Waals surface area contributed by atoms with Crippen LogP contribution in [0, 0.1) is 0 Å². The summed E-state index contributed by atoms with van der Waals surface area (Å²) >= 11 is 0. The second-order valence-corrected chi connectivity index (χ2v) is 5.34. The summed E-state index contributed by atoms with van der Waals surface area (Å²) in [5.41, 5.74) is 0.766. The number of rotatable bonds is 6. The molecule has 3 heterocycles. The molecule has 0 radical (unpaired) electrons. The number of nitrogens with zero attached hydrogens (tertiary/aromatic N) is 3. The first kappa shape index (κ1) is 14.9. The average molecular weight is 304 g/mol. The quantitative estimate of drug-likeness (QED) is 0.859. The molecule has 0 saturated carbocycles. The summed E-state index contributed by atoms with van der Waals surface area (Å²) in [6, 6.07) is 1.83. The van der Waals surface area contributed by atoms with Crippen LogP contribution in [0.1, 0.15) is 25.0 Å². The van der Waals surface area contributed by atoms with Gasteiger partial charge in [0.15, 0.2) is 0 Å². The minimum absolute atomic E-state index is 0.0471. The van der Waals surface area contributed by atoms with Gasteiger partial charge in [-0.25, -0.2) is 9.97 Å². The van der Waals surface area contributed by atoms with E-state index in [1.807, 2.05) is 22.9 Å². The molecule has 3 rings (SSSR count). The molecule has 1 saturated heterocycles. The van der Waals surface area contributed by atoms with E-state index in [-0.39, 0.29) is 18.6 Å². The molecule has 0 bridgehead atoms. The predicted molar refractivity (Wildman–Crippen MR) is 79.2 cm³/mol. The van der Waals surface area contributed by atoms with E-state index in [4.69, 9.17) is 9.47 Å². The maximum Gasteiger partial charge on any atom is 0.246 e. The predicted octanol–water partition coefficient (Wildman–Crippen LogP) is 0.931. The standard InChI is InChI=1S/C15H20N4O3/c20-14(11-21-10-13-4-1-2-7-22-13)17-8-12-9-19-6-3-5-16-15(19)18-12/h3,5-6,9,13H,1-2,4,7-8,10-11H2,(H,17,20). The first-order valence-electron chi connectivity index (χ1n) is 7.56. The van der Waals surface area contributed by atoms with Gasteiger partial charge in [-0.3, -0.25) is 9.20 Å². The third-order valence-electron chi connectivity index (χ3n) is 3.56. The van der Waals surface area contributed by atoms with Crippen LogP contribution in [0.5, 0.6) is 0 Å². The molecular formula is C15H20N4O3. The molecule has 0 spiro atoms. The fraction of sp³-hybridized carbons (Fsp3) is 0.533. The van der Waals surface area contributed by atoms with E-state index in [1.165, 1.54) is 6.42 Å². The highest BCUT2D eigenvalue weighted by Crippen LogP contribution is 2.12. The minimum atomic E-state index is -0.152. The Morgan fingerprint density at radius 2 is 2.45 bits per heavy atom. The van der Waals surface area contributed by atoms with Crippen molar-refractivity contribution >= 4 is 11.7 Å². The summed E-state index contributed by atoms with van der Waals surface area (Å²) in [4.78, 5) is 20.2. The van der Waals surface area contributed by atoms with Crippen molar-refractivity contribution in [3.63, 3.8) is 0 Å². The molecule has 1 atom stereocenters. The number of carbonyl (C=O) groups is 1. The normalized spacial score (nSPS) is 18.5. The molecule has 1 unspecified atom stereocenters. The Kier molecular flexibility index (Phi) is 4.97. The van der Waals surface area contributed by atoms with E-state index in [2.05, 4.69) is 15.3 Å². The van der Waals surface area contributed by atoms with Crippen LogP contribution >= 0.6 is 0 Å². The lowest BCUT2D eigenvalue weighted by molar-refractivity contribution is -0.128. The molecule has 0 aromatic carbocycles. The number of ether oxygens (including phenoxy) is 2. The number of aromatic nitrogens is 3. The number of fused-ring (bicyclic) bond motifs is 1. The molecule has 22 heavy (non-hydrogen) atoms. The second-order valence-electron chi connectivity index (χ2n) is 5.34. The summed E-state index contributed by atoms with van der Waals surface area (Å²) in [7, 11) is 0. The van der Waals surface area contributed by atoms with Crippen molar-refractivity contribution in [3.8, 4) is 0 Å². The zero-order valence-electron chi connectivity index (χ0n) is 12.4. The van der Waals surface area contributed by atoms with Gasteiger partial charge in [-0.15, -0.1) is 0 Å². The summed E-state index contributed by atoms with van der Waals surface area (Å²) < 4.78 is 12.8. The fourth-order valence-electron chi connectivity index (χ4n) is 2.43. The van der Waals surface area contributed by atoms with Gasteiger partial charge in [0.2, 0.25) is 11.7 Å². The molecule has 1 aliphatic heterocycles. The maximum atomic E-state index is 11.7. The van der Waals surface area contributed by atoms with Crippen LogP contribution in [0.15, 0.2) is 24.7 Å². The largest absolute Gasteiger partial charge is 0.376 e. The Labute approximate surface area is 128 Å². The van der Waals surface area contributed by atoms with Crippen molar-refractivity contribution in [1.82, 2.24) is 19.7 Å². The van der Waals surface area contributed by atoms with Crippen LogP contribution in [0.4, 0.5) is 0 Å². The molecule has 1 fully saturated rings. The Hall–Kier alpha value is -1.99. The van der Waals surface area contributed by atoms with E-state index in [0.717, 1.165) is 25.1 Å². The van der Waals surface area contributed by atoms with Crippen molar-refractivity contribution in [2.24, 2.45) is 0 Å². The van der Waals surface area contributed by atoms with Crippen molar-refractivity contribution in [3.05, 3.63) is 30.4 Å². The lowest BCUT2D eigenvalue weighted by Gasteiger charge is -2.22. The van der Waals surface area contributed by atoms with Gasteiger partial charge in [0, 0.05) is 25.2 Å². The lowest BCUT2D eigenvalue weighted by Crippen LogP contribution is -2.30. The van der Waals surface area contributed by atoms with Gasteiger partial charge in [-0.05, 0) is 25.3 Å². The average Bonchev–Trinajstić information content (AvgIpc) is 2.97. The summed E-state index contributed by atoms with van der Waals surface area (Å²) in [6.45, 7) is 1.69. The molecule has 2 aromatic heterocycles. The molecule has 2 aromatic rings. The maximum absolute atomic E-state index is 11.7. The molecule has 1 N–H and O–H groups in total. The van der Waals surface area contributed by atoms with Crippen molar-refractivity contribution < 1.29 is 14.3 Å². The van der Waals surface area contributed by atoms with Crippen LogP contribution in [-0.4, -0.2) is 46.2 Å². The van der Waals surface area contributed by atoms with E-state index >= 15 is 0 Å². The van der Waals surface area contributed by atoms with Gasteiger partial charge in [0.05, 0.1) is 24.9 Å². The molecule has 7 nitrogen and oxygen atoms in total. The number of imidazole rings is 1. The molecule has 0 aliphatic carbocycles. The van der Waals surface area contributed by atoms with Crippen LogP contribution in [-0.2, 0) is 20.8 Å². The van der Waals surface area contributed by atoms with Gasteiger partial charge < -0.3 is 14.8 Å². The minimum Gasteiger partial charge on any atom is -0.376 e. The second kappa shape index (κ2) is 7.33. The molecular weight excluding hydrogens is 284 g/mol. The van der Waals surface area contributed by atoms with E-state index in [1.54, 1.807) is 6.20 Å². The van der Waals surface area contributed by atoms with E-state index in [0.29, 0.717) is 18.9 Å². The Morgan fingerprint density at radius 3 is 3.27 bits per heavy atom. The van der Waals surface area contributed by atoms with Gasteiger partial charge in [0.1, 0.15) is 6.61 Å². The first-order valence-corrected chi connectivity index (χ1v) is 7.56. The smallest absolute Gasteiger partial charge is 0.246 e. The summed E-state index contributed by atoms with van der Waals surface area (Å²) in [5.74, 6) is 0.471. The van der Waals surface area contributed by atoms with Crippen LogP contribution in [0.25, 0.3) is 5.78 Å². The number of hydrogen-bond donors (Lipinski definition) is 1. The number of carbonyl (C=O) groups excluding carboxylic acids is 1. The van der Waals surface area contributed by atoms with Gasteiger partial charge >= 0.3 is 0 Å². The molecule has 1 aliphatic rings. The third-order valence-corrected chi connectivity index (χ3v) is 3.56. The zero-order chi connectivity index (χ0) is 15.2. The van der Waals surface area contributed by atoms with Gasteiger partial charge in [0.25, 0.3) is 0 Å². The van der Waals surface area contributed by atoms with Crippen molar-refractivity contribution in [2.75, 3.05) is 19.8 Å². The number of nitrogens with one attached hydrogen (secondary N) is 1. The fourth-order valence-corrected chi connectivity index (χ4v) is 2.43. The molecule has 1 amide bonds. The van der Waals surface area contributed by atoms with Crippen molar-refractivity contribution in [2.45, 2.75) is 31.9 Å². The Bertz CT molecular complexity index is 589. The van der Waals surface area contributed by atoms with Crippen LogP contribution in [0.2, 0.25) is 0 Å². The van der Waals surface area contributed by atoms with Crippen LogP contribution < -0.4 is 5.32 Å². The highest BCUT2D eigenvalue weighted by molar-refractivity contribution is 5.77. The first-order chi connectivity index (χ1) is 10.8. The highest BCUT2D eigenvalue weighted by Gasteiger charge is 2.14. The Balaban J connectivity index is 1.38. The number of hydrogen-bond acceptors (Lipinski definition) is 5. The molecule has 118 valence electrons. The summed E-state index contributed by atoms with van der Waals surface area (Å²) in [5, 5.41) is 2.79. The Morgan fingerprint density at radius 1 is 1.50 bits per heavy atom. The van der Waals surface area contributed by atoms with Gasteiger partial charge in [-0.1, -0.05) is 0 Å². The summed E-state index contributed by atoms with van der Waals surface area (Å²) in [6.07, 6.45) is 8.83. The van der Waals surface area contributed by atoms with E-state index in [9.17, 15) is 4.79 Å². The monoisotopic (exact) mass is 304 g/mol. The number of amides is 1. The van der Waals surface area contributed by atoms with Crippen LogP contribution in [0.3, 0.4) is 0 Å². The lowest BCUT2D eigenvalue weighted by atomic mass is 10.1. The highest BCUT2D eigenvalue weighted by atomic mass is 16.5.